The number of rotatable bonds is 0. The van der Waals surface area contributed by atoms with Crippen LogP contribution in [-0.2, 0) is 25.8 Å². The summed E-state index contributed by atoms with van der Waals surface area (Å²) >= 11 is 0. The molecule has 0 bridgehead atoms. The molecular weight excluding hydrogens is 485 g/mol. The summed E-state index contributed by atoms with van der Waals surface area (Å²) in [5.41, 5.74) is 8.49. The van der Waals surface area contributed by atoms with Gasteiger partial charge in [-0.25, -0.2) is 11.1 Å². The average Bonchev–Trinajstić information content (AvgIpc) is 2.77. The van der Waals surface area contributed by atoms with Gasteiger partial charge in [0.05, 0.1) is 0 Å². The first-order valence-corrected chi connectivity index (χ1v) is 10.3. The quantitative estimate of drug-likeness (QED) is 0.261. The molecule has 139 valence electrons. The van der Waals surface area contributed by atoms with Gasteiger partial charge in [-0.3, -0.25) is 21.6 Å². The van der Waals surface area contributed by atoms with Gasteiger partial charge in [0.1, 0.15) is 0 Å². The molecule has 0 aromatic rings. The Morgan fingerprint density at radius 2 is 0.875 bits per heavy atom. The molecule has 0 aliphatic heterocycles. The van der Waals surface area contributed by atoms with Crippen molar-refractivity contribution in [1.29, 1.82) is 0 Å². The first-order chi connectivity index (χ1) is 9.67. The topological polar surface area (TPSA) is 0 Å². The summed E-state index contributed by atoms with van der Waals surface area (Å²) in [7, 11) is 0.750. The maximum Gasteiger partial charge on any atom is 0.0213 e. The molecule has 1 radical (unpaired) electrons. The third kappa shape index (κ3) is 9.41. The minimum atomic E-state index is 0. The molecule has 2 aliphatic carbocycles. The maximum atomic E-state index is 3.36. The summed E-state index contributed by atoms with van der Waals surface area (Å²) in [5.74, 6) is 1.12. The first kappa shape index (κ1) is 31.7. The van der Waals surface area contributed by atoms with Crippen molar-refractivity contribution in [1.82, 2.24) is 0 Å². The van der Waals surface area contributed by atoms with Crippen LogP contribution in [0.3, 0.4) is 0 Å². The van der Waals surface area contributed by atoms with Crippen LogP contribution in [0.25, 0.3) is 0 Å². The van der Waals surface area contributed by atoms with Crippen molar-refractivity contribution in [3.63, 3.8) is 0 Å². The smallest absolute Gasteiger partial charge is 0.0213 e. The summed E-state index contributed by atoms with van der Waals surface area (Å²) in [4.78, 5) is 0. The second-order valence-electron chi connectivity index (χ2n) is 6.18. The van der Waals surface area contributed by atoms with Gasteiger partial charge in [0.15, 0.2) is 0 Å². The van der Waals surface area contributed by atoms with Gasteiger partial charge in [-0.05, 0) is 0 Å². The molecule has 0 aromatic heterocycles. The zero-order valence-electron chi connectivity index (χ0n) is 17.0. The van der Waals surface area contributed by atoms with Gasteiger partial charge in [-0.1, -0.05) is 66.5 Å². The van der Waals surface area contributed by atoms with Gasteiger partial charge in [0.2, 0.25) is 0 Å². The molecule has 0 fully saturated rings. The van der Waals surface area contributed by atoms with Gasteiger partial charge < -0.3 is 0 Å². The van der Waals surface area contributed by atoms with Crippen LogP contribution in [-0.4, -0.2) is 9.52 Å². The van der Waals surface area contributed by atoms with E-state index in [-0.39, 0.29) is 35.3 Å². The van der Waals surface area contributed by atoms with E-state index in [1.54, 1.807) is 0 Å². The molecule has 0 amide bonds. The average molecular weight is 520 g/mol. The van der Waals surface area contributed by atoms with Gasteiger partial charge in [-0.15, -0.1) is 13.8 Å². The Morgan fingerprint density at radius 3 is 0.917 bits per heavy atom. The third-order valence-corrected chi connectivity index (χ3v) is 4.47. The molecule has 0 N–H and O–H groups in total. The van der Waals surface area contributed by atoms with E-state index in [0.717, 1.165) is 9.52 Å². The van der Waals surface area contributed by atoms with Gasteiger partial charge in [0.25, 0.3) is 0 Å². The number of halogens is 2. The fraction of sp³-hybridized carbons (Fsp3) is 0.600. The van der Waals surface area contributed by atoms with Gasteiger partial charge in [0, 0.05) is 35.4 Å². The standard InChI is InChI=1S/2C9H13.C2H7Si.2FH.Hf/c2*1-6-5-7(2)9(4)8(6)3;1-3-2;;;/h2*6H,1-4H3;3H,1-2H3;2*1H;/q2*-1;;;;. The van der Waals surface area contributed by atoms with Crippen molar-refractivity contribution < 1.29 is 35.3 Å². The molecule has 0 saturated carbocycles. The Balaban J connectivity index is -0.000000130. The monoisotopic (exact) mass is 521 g/mol. The first-order valence-electron chi connectivity index (χ1n) is 7.96. The van der Waals surface area contributed by atoms with Crippen LogP contribution >= 0.6 is 0 Å². The molecule has 2 unspecified atom stereocenters. The molecule has 2 rings (SSSR count). The van der Waals surface area contributed by atoms with Crippen LogP contribution in [0.2, 0.25) is 13.1 Å². The second kappa shape index (κ2) is 15.2. The van der Waals surface area contributed by atoms with Crippen molar-refractivity contribution >= 4 is 9.52 Å². The largest absolute Gasteiger partial charge is 0.269 e. The summed E-state index contributed by atoms with van der Waals surface area (Å²) in [5, 5.41) is 0. The maximum absolute atomic E-state index is 3.36. The molecule has 2 aliphatic rings. The molecule has 4 heteroatoms. The molecule has 0 nitrogen and oxygen atoms in total. The Labute approximate surface area is 170 Å². The van der Waals surface area contributed by atoms with Crippen molar-refractivity contribution in [2.24, 2.45) is 11.8 Å². The summed E-state index contributed by atoms with van der Waals surface area (Å²) < 4.78 is 0. The molecule has 0 spiro atoms. The van der Waals surface area contributed by atoms with Gasteiger partial charge >= 0.3 is 0 Å². The van der Waals surface area contributed by atoms with Crippen molar-refractivity contribution in [2.45, 2.75) is 68.5 Å². The van der Waals surface area contributed by atoms with Crippen LogP contribution in [0.4, 0.5) is 9.41 Å². The fourth-order valence-electron chi connectivity index (χ4n) is 2.32. The Kier molecular flexibility index (Phi) is 20.0. The van der Waals surface area contributed by atoms with E-state index in [2.05, 4.69) is 80.6 Å². The molecule has 0 aromatic carbocycles. The molecule has 24 heavy (non-hydrogen) atoms. The van der Waals surface area contributed by atoms with E-state index in [4.69, 9.17) is 0 Å². The van der Waals surface area contributed by atoms with E-state index in [9.17, 15) is 0 Å². The molecule has 0 heterocycles. The minimum Gasteiger partial charge on any atom is -0.269 e. The van der Waals surface area contributed by atoms with E-state index >= 15 is 0 Å². The summed E-state index contributed by atoms with van der Waals surface area (Å²) in [6, 6.07) is 0. The van der Waals surface area contributed by atoms with Crippen LogP contribution in [0.5, 0.6) is 0 Å². The Hall–Kier alpha value is -0.0930. The Morgan fingerprint density at radius 1 is 0.667 bits per heavy atom. The summed E-state index contributed by atoms with van der Waals surface area (Å²) in [6.07, 6.45) is 6.72. The SMILES string of the molecule is CC1=[C-]C(C)C(C)=C1C.CC1=[C-]C(C)C(C)=C1C.C[SiH]C.F.F.[Hf]. The molecule has 2 atom stereocenters. The number of allylic oxidation sites excluding steroid dienone is 8. The zero-order valence-corrected chi connectivity index (χ0v) is 21.8. The predicted octanol–water partition coefficient (Wildman–Crippen LogP) is 6.27. The van der Waals surface area contributed by atoms with Crippen molar-refractivity contribution in [3.8, 4) is 0 Å². The van der Waals surface area contributed by atoms with Crippen LogP contribution in [0.1, 0.15) is 55.4 Å². The number of hydrogen-bond donors (Lipinski definition) is 0. The second-order valence-corrected chi connectivity index (χ2v) is 7.33. The van der Waals surface area contributed by atoms with E-state index in [1.807, 2.05) is 0 Å². The van der Waals surface area contributed by atoms with E-state index in [0.29, 0.717) is 11.8 Å². The fourth-order valence-corrected chi connectivity index (χ4v) is 2.32. The predicted molar refractivity (Wildman–Crippen MR) is 104 cm³/mol. The van der Waals surface area contributed by atoms with E-state index in [1.165, 1.54) is 33.4 Å². The van der Waals surface area contributed by atoms with Crippen molar-refractivity contribution in [3.05, 3.63) is 45.6 Å². The normalized spacial score (nSPS) is 21.1. The van der Waals surface area contributed by atoms with Crippen molar-refractivity contribution in [2.75, 3.05) is 0 Å². The Bertz CT molecular complexity index is 444. The summed E-state index contributed by atoms with van der Waals surface area (Å²) in [6.45, 7) is 21.8. The minimum absolute atomic E-state index is 0. The van der Waals surface area contributed by atoms with Crippen LogP contribution < -0.4 is 0 Å². The zero-order chi connectivity index (χ0) is 16.7. The molecule has 0 saturated heterocycles. The third-order valence-electron chi connectivity index (χ3n) is 4.47. The van der Waals surface area contributed by atoms with Gasteiger partial charge in [-0.2, -0.15) is 22.3 Å². The number of hydrogen-bond acceptors (Lipinski definition) is 0. The van der Waals surface area contributed by atoms with E-state index < -0.39 is 0 Å². The molecular formula is C20H35F2HfSi-2. The van der Waals surface area contributed by atoms with Crippen LogP contribution in [0, 0.1) is 24.0 Å². The van der Waals surface area contributed by atoms with Crippen LogP contribution in [0.15, 0.2) is 33.4 Å².